The molecule has 0 amide bonds. The molecule has 4 nitrogen and oxygen atoms in total. The minimum atomic E-state index is -0.932. The smallest absolute Gasteiger partial charge is 0.309 e. The molecule has 0 saturated heterocycles. The van der Waals surface area contributed by atoms with E-state index in [1.165, 1.54) is 0 Å². The zero-order chi connectivity index (χ0) is 13.1. The summed E-state index contributed by atoms with van der Waals surface area (Å²) in [4.78, 5) is 3.89. The molecular formula is C12H17BN2O2. The van der Waals surface area contributed by atoms with Crippen LogP contribution in [0.1, 0.15) is 33.4 Å². The van der Waals surface area contributed by atoms with Crippen LogP contribution in [0, 0.1) is 11.3 Å². The summed E-state index contributed by atoms with van der Waals surface area (Å²) >= 11 is 0. The Hall–Kier alpha value is -1.38. The fraction of sp³-hybridized carbons (Fsp3) is 0.500. The van der Waals surface area contributed by atoms with Crippen LogP contribution in [-0.4, -0.2) is 28.8 Å². The van der Waals surface area contributed by atoms with E-state index in [-0.39, 0.29) is 0 Å². The quantitative estimate of drug-likeness (QED) is 0.767. The molecule has 0 aliphatic carbocycles. The molecule has 1 N–H and O–H groups in total. The van der Waals surface area contributed by atoms with Gasteiger partial charge in [-0.15, -0.1) is 0 Å². The third-order valence-corrected chi connectivity index (χ3v) is 3.01. The Kier molecular flexibility index (Phi) is 3.92. The van der Waals surface area contributed by atoms with Crippen LogP contribution in [0.5, 0.6) is 0 Å². The highest BCUT2D eigenvalue weighted by Gasteiger charge is 2.35. The van der Waals surface area contributed by atoms with Gasteiger partial charge in [-0.1, -0.05) is 0 Å². The lowest BCUT2D eigenvalue weighted by atomic mass is 9.83. The van der Waals surface area contributed by atoms with Crippen molar-refractivity contribution in [1.82, 2.24) is 4.98 Å². The Morgan fingerprint density at radius 1 is 1.41 bits per heavy atom. The molecule has 0 radical (unpaired) electrons. The van der Waals surface area contributed by atoms with E-state index in [9.17, 15) is 5.11 Å². The van der Waals surface area contributed by atoms with E-state index < -0.39 is 11.2 Å². The predicted molar refractivity (Wildman–Crippen MR) is 67.2 cm³/mol. The molecule has 1 aromatic heterocycles. The second kappa shape index (κ2) is 4.86. The van der Waals surface area contributed by atoms with Gasteiger partial charge in [-0.3, -0.25) is 0 Å². The third-order valence-electron chi connectivity index (χ3n) is 3.01. The van der Waals surface area contributed by atoms with Crippen LogP contribution >= 0.6 is 0 Å². The summed E-state index contributed by atoms with van der Waals surface area (Å²) < 4.78 is 5.69. The van der Waals surface area contributed by atoms with Crippen LogP contribution in [0.25, 0.3) is 0 Å². The maximum Gasteiger partial charge on any atom is 0.309 e. The Morgan fingerprint density at radius 3 is 2.59 bits per heavy atom. The van der Waals surface area contributed by atoms with Crippen molar-refractivity contribution in [3.05, 3.63) is 24.0 Å². The first-order valence-electron chi connectivity index (χ1n) is 5.47. The zero-order valence-corrected chi connectivity index (χ0v) is 10.7. The normalized spacial score (nSPS) is 12.0. The van der Waals surface area contributed by atoms with E-state index in [1.807, 2.05) is 19.9 Å². The van der Waals surface area contributed by atoms with Crippen molar-refractivity contribution in [3.63, 3.8) is 0 Å². The number of pyridine rings is 1. The minimum Gasteiger partial charge on any atom is -0.427 e. The Balaban J connectivity index is 2.71. The van der Waals surface area contributed by atoms with E-state index >= 15 is 0 Å². The summed E-state index contributed by atoms with van der Waals surface area (Å²) in [7, 11) is 0.341. The Morgan fingerprint density at radius 2 is 2.06 bits per heavy atom. The molecule has 0 aliphatic rings. The van der Waals surface area contributed by atoms with Gasteiger partial charge >= 0.3 is 7.48 Å². The first-order valence-corrected chi connectivity index (χ1v) is 5.47. The Labute approximate surface area is 103 Å². The van der Waals surface area contributed by atoms with Crippen LogP contribution in [0.2, 0.25) is 0 Å². The van der Waals surface area contributed by atoms with Gasteiger partial charge in [0.15, 0.2) is 0 Å². The summed E-state index contributed by atoms with van der Waals surface area (Å²) in [5.74, 6) is 0. The van der Waals surface area contributed by atoms with Crippen LogP contribution < -0.4 is 5.46 Å². The molecule has 0 aromatic carbocycles. The standard InChI is InChI=1S/C12H17BN2O2/c1-11(2,16)12(3,4)17-13-9-5-6-15-10(7-9)8-14/h5-7,13,16H,1-4H3. The average molecular weight is 232 g/mol. The van der Waals surface area contributed by atoms with E-state index in [0.717, 1.165) is 5.46 Å². The highest BCUT2D eigenvalue weighted by atomic mass is 16.5. The number of aromatic nitrogens is 1. The SMILES string of the molecule is CC(C)(O)C(C)(C)OBc1ccnc(C#N)c1. The van der Waals surface area contributed by atoms with Crippen LogP contribution in [0.4, 0.5) is 0 Å². The summed E-state index contributed by atoms with van der Waals surface area (Å²) in [5.41, 5.74) is -0.359. The number of nitriles is 1. The predicted octanol–water partition coefficient (Wildman–Crippen LogP) is 0.496. The molecule has 1 aromatic rings. The fourth-order valence-electron chi connectivity index (χ4n) is 1.07. The highest BCUT2D eigenvalue weighted by Crippen LogP contribution is 2.24. The monoisotopic (exact) mass is 232 g/mol. The van der Waals surface area contributed by atoms with Crippen LogP contribution in [0.3, 0.4) is 0 Å². The fourth-order valence-corrected chi connectivity index (χ4v) is 1.07. The van der Waals surface area contributed by atoms with E-state index in [2.05, 4.69) is 4.98 Å². The first-order chi connectivity index (χ1) is 7.76. The summed E-state index contributed by atoms with van der Waals surface area (Å²) in [5, 5.41) is 18.7. The lowest BCUT2D eigenvalue weighted by Gasteiger charge is -2.37. The molecule has 0 fully saturated rings. The second-order valence-corrected chi connectivity index (χ2v) is 5.02. The van der Waals surface area contributed by atoms with Gasteiger partial charge in [-0.25, -0.2) is 4.98 Å². The molecule has 5 heteroatoms. The molecule has 1 heterocycles. The molecule has 0 saturated carbocycles. The molecule has 0 atom stereocenters. The van der Waals surface area contributed by atoms with Gasteiger partial charge < -0.3 is 9.76 Å². The van der Waals surface area contributed by atoms with Gasteiger partial charge in [0.1, 0.15) is 11.8 Å². The maximum absolute atomic E-state index is 9.93. The average Bonchev–Trinajstić information content (AvgIpc) is 2.25. The van der Waals surface area contributed by atoms with Gasteiger partial charge in [-0.2, -0.15) is 5.26 Å². The van der Waals surface area contributed by atoms with Crippen molar-refractivity contribution in [3.8, 4) is 6.07 Å². The van der Waals surface area contributed by atoms with Crippen LogP contribution in [0.15, 0.2) is 18.3 Å². The van der Waals surface area contributed by atoms with Gasteiger partial charge in [-0.05, 0) is 45.3 Å². The number of hydrogen-bond donors (Lipinski definition) is 1. The van der Waals surface area contributed by atoms with Crippen molar-refractivity contribution in [1.29, 1.82) is 5.26 Å². The molecule has 0 bridgehead atoms. The van der Waals surface area contributed by atoms with Crippen molar-refractivity contribution in [2.45, 2.75) is 38.9 Å². The van der Waals surface area contributed by atoms with Gasteiger partial charge in [0.25, 0.3) is 0 Å². The van der Waals surface area contributed by atoms with E-state index in [4.69, 9.17) is 9.92 Å². The first kappa shape index (κ1) is 13.7. The van der Waals surface area contributed by atoms with E-state index in [1.54, 1.807) is 32.2 Å². The molecule has 0 spiro atoms. The molecule has 17 heavy (non-hydrogen) atoms. The van der Waals surface area contributed by atoms with Gasteiger partial charge in [0, 0.05) is 6.20 Å². The maximum atomic E-state index is 9.93. The largest absolute Gasteiger partial charge is 0.427 e. The minimum absolute atomic E-state index is 0.341. The van der Waals surface area contributed by atoms with Gasteiger partial charge in [0.05, 0.1) is 11.2 Å². The zero-order valence-electron chi connectivity index (χ0n) is 10.7. The Bertz CT molecular complexity index is 433. The molecule has 90 valence electrons. The summed E-state index contributed by atoms with van der Waals surface area (Å²) in [6.07, 6.45) is 1.58. The van der Waals surface area contributed by atoms with Crippen molar-refractivity contribution < 1.29 is 9.76 Å². The topological polar surface area (TPSA) is 66.1 Å². The molecule has 0 aliphatic heterocycles. The highest BCUT2D eigenvalue weighted by molar-refractivity contribution is 6.47. The lowest BCUT2D eigenvalue weighted by Crippen LogP contribution is -2.49. The lowest BCUT2D eigenvalue weighted by molar-refractivity contribution is -0.0893. The van der Waals surface area contributed by atoms with E-state index in [0.29, 0.717) is 13.2 Å². The van der Waals surface area contributed by atoms with Crippen molar-refractivity contribution in [2.75, 3.05) is 0 Å². The number of nitrogens with zero attached hydrogens (tertiary/aromatic N) is 2. The van der Waals surface area contributed by atoms with Crippen molar-refractivity contribution >= 4 is 12.9 Å². The molecule has 0 unspecified atom stereocenters. The summed E-state index contributed by atoms with van der Waals surface area (Å²) in [6, 6.07) is 5.45. The second-order valence-electron chi connectivity index (χ2n) is 5.02. The van der Waals surface area contributed by atoms with Crippen molar-refractivity contribution in [2.24, 2.45) is 0 Å². The van der Waals surface area contributed by atoms with Gasteiger partial charge in [0.2, 0.25) is 0 Å². The molecule has 1 rings (SSSR count). The number of rotatable bonds is 4. The molecular weight excluding hydrogens is 215 g/mol. The van der Waals surface area contributed by atoms with Crippen LogP contribution in [-0.2, 0) is 4.65 Å². The number of aliphatic hydroxyl groups is 1. The summed E-state index contributed by atoms with van der Waals surface area (Å²) in [6.45, 7) is 7.08. The number of hydrogen-bond acceptors (Lipinski definition) is 4. The third kappa shape index (κ3) is 3.55.